The molecule has 0 saturated carbocycles. The molecule has 6 nitrogen and oxygen atoms in total. The Kier molecular flexibility index (Phi) is 12.0. The van der Waals surface area contributed by atoms with Gasteiger partial charge in [-0.15, -0.1) is 0 Å². The van der Waals surface area contributed by atoms with Crippen molar-refractivity contribution in [2.24, 2.45) is 0 Å². The van der Waals surface area contributed by atoms with Crippen molar-refractivity contribution in [3.8, 4) is 12.1 Å². The number of nitriles is 2. The highest BCUT2D eigenvalue weighted by Gasteiger charge is 2.32. The van der Waals surface area contributed by atoms with Crippen molar-refractivity contribution >= 4 is 22.6 Å². The molecule has 4 rings (SSSR count). The molecule has 2 aromatic carbocycles. The Bertz CT molecular complexity index is 1500. The van der Waals surface area contributed by atoms with E-state index in [1.807, 2.05) is 107 Å². The molecule has 2 atom stereocenters. The summed E-state index contributed by atoms with van der Waals surface area (Å²) in [6.07, 6.45) is 0. The number of alkyl halides is 1. The molecule has 1 N–H and O–H groups in total. The van der Waals surface area contributed by atoms with Gasteiger partial charge >= 0.3 is 0 Å². The Morgan fingerprint density at radius 1 is 0.683 bits per heavy atom. The lowest BCUT2D eigenvalue weighted by molar-refractivity contribution is 0.488. The zero-order chi connectivity index (χ0) is 30.9. The number of allylic oxidation sites excluding steroid dienone is 6. The third kappa shape index (κ3) is 7.07. The van der Waals surface area contributed by atoms with Crippen LogP contribution >= 0.6 is 22.6 Å². The van der Waals surface area contributed by atoms with Crippen LogP contribution < -0.4 is 5.32 Å². The highest BCUT2D eigenvalue weighted by Crippen LogP contribution is 2.41. The molecule has 0 aliphatic carbocycles. The standard InChI is InChI=1S/C17H17N3.C16H15N3.CH3I/c1-11-6-8-14(9-7-11)16-15(10-18)12(2)20(5)13(3)17(16)19-4;1-10-5-7-13(8-6-10)15-14(9-17)11(2)19-12(3)16(15)18-4;1-2/h6-9,16H,1-3,5H3;5-8,15,19H,1-3H3;1H3. The summed E-state index contributed by atoms with van der Waals surface area (Å²) in [6, 6.07) is 20.6. The Balaban J connectivity index is 0.000000271. The second-order valence-electron chi connectivity index (χ2n) is 9.84. The van der Waals surface area contributed by atoms with Gasteiger partial charge in [0, 0.05) is 29.8 Å². The number of hydrogen-bond donors (Lipinski definition) is 1. The first-order valence-corrected chi connectivity index (χ1v) is 15.1. The van der Waals surface area contributed by atoms with Gasteiger partial charge in [0.25, 0.3) is 0 Å². The molecule has 2 aromatic rings. The zero-order valence-electron chi connectivity index (χ0n) is 24.9. The van der Waals surface area contributed by atoms with E-state index >= 15 is 0 Å². The maximum absolute atomic E-state index is 9.51. The van der Waals surface area contributed by atoms with E-state index in [4.69, 9.17) is 13.1 Å². The summed E-state index contributed by atoms with van der Waals surface area (Å²) in [6.45, 7) is 26.5. The van der Waals surface area contributed by atoms with Crippen LogP contribution in [0.4, 0.5) is 0 Å². The van der Waals surface area contributed by atoms with Gasteiger partial charge in [-0.25, -0.2) is 9.69 Å². The van der Waals surface area contributed by atoms with Gasteiger partial charge in [-0.3, -0.25) is 0 Å². The van der Waals surface area contributed by atoms with Gasteiger partial charge in [0.05, 0.1) is 48.3 Å². The molecule has 0 bridgehead atoms. The Morgan fingerprint density at radius 3 is 1.49 bits per heavy atom. The summed E-state index contributed by atoms with van der Waals surface area (Å²) in [4.78, 5) is 11.2. The molecule has 208 valence electrons. The van der Waals surface area contributed by atoms with Crippen LogP contribution in [0.1, 0.15) is 61.8 Å². The normalized spacial score (nSPS) is 18.0. The fraction of sp³-hybridized carbons (Fsp3) is 0.294. The van der Waals surface area contributed by atoms with Gasteiger partial charge in [-0.2, -0.15) is 10.5 Å². The number of halogens is 1. The fourth-order valence-corrected chi connectivity index (χ4v) is 4.90. The van der Waals surface area contributed by atoms with Gasteiger partial charge in [-0.05, 0) is 57.6 Å². The molecular weight excluding hydrogens is 619 g/mol. The average molecular weight is 655 g/mol. The number of nitrogens with one attached hydrogen (secondary N) is 1. The molecule has 0 saturated heterocycles. The van der Waals surface area contributed by atoms with Crippen molar-refractivity contribution in [3.05, 3.63) is 139 Å². The van der Waals surface area contributed by atoms with E-state index in [2.05, 4.69) is 49.7 Å². The molecule has 2 aliphatic rings. The summed E-state index contributed by atoms with van der Waals surface area (Å²) in [5, 5.41) is 22.0. The molecule has 2 aliphatic heterocycles. The molecule has 0 spiro atoms. The summed E-state index contributed by atoms with van der Waals surface area (Å²) in [7, 11) is 1.90. The molecule has 2 heterocycles. The highest BCUT2D eigenvalue weighted by molar-refractivity contribution is 14.1. The van der Waals surface area contributed by atoms with E-state index in [0.717, 1.165) is 33.9 Å². The third-order valence-corrected chi connectivity index (χ3v) is 7.36. The Labute approximate surface area is 258 Å². The van der Waals surface area contributed by atoms with Gasteiger partial charge in [0.1, 0.15) is 0 Å². The average Bonchev–Trinajstić information content (AvgIpc) is 2.98. The van der Waals surface area contributed by atoms with Crippen LogP contribution in [0.2, 0.25) is 0 Å². The predicted molar refractivity (Wildman–Crippen MR) is 174 cm³/mol. The van der Waals surface area contributed by atoms with Crippen LogP contribution in [0.3, 0.4) is 0 Å². The first-order chi connectivity index (χ1) is 19.6. The summed E-state index contributed by atoms with van der Waals surface area (Å²) in [5.41, 5.74) is 10.4. The zero-order valence-corrected chi connectivity index (χ0v) is 27.0. The molecule has 0 radical (unpaired) electrons. The van der Waals surface area contributed by atoms with Crippen molar-refractivity contribution in [2.45, 2.75) is 53.4 Å². The van der Waals surface area contributed by atoms with Crippen LogP contribution in [0.15, 0.2) is 93.9 Å². The SMILES string of the molecule is CI.[C-]#[N+]C1=C(C)N(C)C(C)=C(C#N)C1c1ccc(C)cc1.[C-]#[N+]C1=C(C)NC(C)=C(C#N)C1c1ccc(C)cc1. The van der Waals surface area contributed by atoms with Crippen LogP contribution in [0.25, 0.3) is 9.69 Å². The molecule has 7 heteroatoms. The second-order valence-corrected chi connectivity index (χ2v) is 9.84. The van der Waals surface area contributed by atoms with Crippen LogP contribution in [-0.2, 0) is 0 Å². The van der Waals surface area contributed by atoms with Gasteiger partial charge in [0.2, 0.25) is 0 Å². The van der Waals surface area contributed by atoms with Crippen molar-refractivity contribution in [1.29, 1.82) is 10.5 Å². The fourth-order valence-electron chi connectivity index (χ4n) is 4.90. The van der Waals surface area contributed by atoms with E-state index in [-0.39, 0.29) is 11.8 Å². The van der Waals surface area contributed by atoms with Crippen molar-refractivity contribution in [3.63, 3.8) is 0 Å². The van der Waals surface area contributed by atoms with Crippen molar-refractivity contribution < 1.29 is 0 Å². The Morgan fingerprint density at radius 2 is 1.10 bits per heavy atom. The van der Waals surface area contributed by atoms with Crippen molar-refractivity contribution in [1.82, 2.24) is 10.2 Å². The van der Waals surface area contributed by atoms with Gasteiger partial charge in [-0.1, -0.05) is 82.2 Å². The molecular formula is C34H35IN6. The predicted octanol–water partition coefficient (Wildman–Crippen LogP) is 8.65. The van der Waals surface area contributed by atoms with Crippen LogP contribution in [0.5, 0.6) is 0 Å². The minimum Gasteiger partial charge on any atom is -0.372 e. The minimum absolute atomic E-state index is 0.241. The Hall–Kier alpha value is -4.31. The lowest BCUT2D eigenvalue weighted by Crippen LogP contribution is -2.25. The topological polar surface area (TPSA) is 71.6 Å². The molecule has 0 amide bonds. The highest BCUT2D eigenvalue weighted by atomic mass is 127. The molecule has 41 heavy (non-hydrogen) atoms. The molecule has 0 fully saturated rings. The first kappa shape index (κ1) is 32.9. The van der Waals surface area contributed by atoms with E-state index < -0.39 is 0 Å². The smallest absolute Gasteiger partial charge is 0.196 e. The maximum Gasteiger partial charge on any atom is 0.196 e. The second kappa shape index (κ2) is 14.9. The van der Waals surface area contributed by atoms with Gasteiger partial charge in [0.15, 0.2) is 11.4 Å². The number of hydrogen-bond acceptors (Lipinski definition) is 4. The summed E-state index contributed by atoms with van der Waals surface area (Å²) in [5.74, 6) is -0.487. The first-order valence-electron chi connectivity index (χ1n) is 13.0. The monoisotopic (exact) mass is 654 g/mol. The molecule has 2 unspecified atom stereocenters. The van der Waals surface area contributed by atoms with Gasteiger partial charge < -0.3 is 10.2 Å². The number of dihydropyridines is 1. The van der Waals surface area contributed by atoms with Crippen LogP contribution in [-0.4, -0.2) is 16.9 Å². The van der Waals surface area contributed by atoms with E-state index in [0.29, 0.717) is 22.5 Å². The maximum atomic E-state index is 9.51. The number of aryl methyl sites for hydroxylation is 2. The van der Waals surface area contributed by atoms with E-state index in [9.17, 15) is 10.5 Å². The lowest BCUT2D eigenvalue weighted by Gasteiger charge is -2.32. The third-order valence-electron chi connectivity index (χ3n) is 7.36. The van der Waals surface area contributed by atoms with E-state index in [1.54, 1.807) is 0 Å². The van der Waals surface area contributed by atoms with Crippen molar-refractivity contribution in [2.75, 3.05) is 12.0 Å². The lowest BCUT2D eigenvalue weighted by atomic mass is 9.84. The van der Waals surface area contributed by atoms with E-state index in [1.165, 1.54) is 11.1 Å². The minimum atomic E-state index is -0.246. The molecule has 0 aromatic heterocycles. The number of benzene rings is 2. The number of nitrogens with zero attached hydrogens (tertiary/aromatic N) is 5. The quantitative estimate of drug-likeness (QED) is 0.200. The largest absolute Gasteiger partial charge is 0.372 e. The van der Waals surface area contributed by atoms with Crippen LogP contribution in [0, 0.1) is 49.7 Å². The number of rotatable bonds is 2. The summed E-state index contributed by atoms with van der Waals surface area (Å²) < 4.78 is 0. The summed E-state index contributed by atoms with van der Waals surface area (Å²) >= 11 is 2.15.